The van der Waals surface area contributed by atoms with E-state index in [4.69, 9.17) is 27.8 Å². The quantitative estimate of drug-likeness (QED) is 0.506. The molecule has 1 rings (SSSR count). The smallest absolute Gasteiger partial charge is 0.211 e. The van der Waals surface area contributed by atoms with E-state index >= 15 is 0 Å². The van der Waals surface area contributed by atoms with Crippen molar-refractivity contribution in [3.63, 3.8) is 0 Å². The lowest BCUT2D eigenvalue weighted by Crippen LogP contribution is -2.21. The van der Waals surface area contributed by atoms with Crippen LogP contribution >= 0.6 is 27.5 Å². The molecule has 1 aromatic rings. The third-order valence-corrected chi connectivity index (χ3v) is 2.56. The molecule has 92 valence electrons. The summed E-state index contributed by atoms with van der Waals surface area (Å²) in [5.41, 5.74) is 11.0. The minimum atomic E-state index is -0.0997. The molecule has 0 radical (unpaired) electrons. The molecule has 5 nitrogen and oxygen atoms in total. The van der Waals surface area contributed by atoms with Gasteiger partial charge in [-0.25, -0.2) is 0 Å². The van der Waals surface area contributed by atoms with Crippen molar-refractivity contribution in [2.24, 2.45) is 21.7 Å². The molecule has 0 aromatic heterocycles. The Labute approximate surface area is 113 Å². The van der Waals surface area contributed by atoms with Crippen LogP contribution in [0.15, 0.2) is 26.8 Å². The second-order valence-corrected chi connectivity index (χ2v) is 4.28. The average molecular weight is 320 g/mol. The Kier molecular flexibility index (Phi) is 5.24. The highest BCUT2D eigenvalue weighted by molar-refractivity contribution is 9.10. The van der Waals surface area contributed by atoms with Crippen LogP contribution in [-0.4, -0.2) is 18.8 Å². The monoisotopic (exact) mass is 318 g/mol. The standard InChI is InChI=1S/C10H12BrClN4O/c1-2-17-9-7(11)3-6(4-8(9)12)5-15-16-10(13)14/h3-5H,2H2,1H3,(H4,13,14,16). The highest BCUT2D eigenvalue weighted by Crippen LogP contribution is 2.34. The fourth-order valence-corrected chi connectivity index (χ4v) is 2.09. The van der Waals surface area contributed by atoms with Crippen molar-refractivity contribution < 1.29 is 4.74 Å². The molecule has 4 N–H and O–H groups in total. The zero-order valence-corrected chi connectivity index (χ0v) is 11.5. The first kappa shape index (κ1) is 13.8. The topological polar surface area (TPSA) is 86.0 Å². The van der Waals surface area contributed by atoms with Crippen molar-refractivity contribution in [3.8, 4) is 5.75 Å². The molecule has 0 unspecified atom stereocenters. The summed E-state index contributed by atoms with van der Waals surface area (Å²) < 4.78 is 6.12. The van der Waals surface area contributed by atoms with Gasteiger partial charge in [0.25, 0.3) is 0 Å². The number of halogens is 2. The predicted molar refractivity (Wildman–Crippen MR) is 73.7 cm³/mol. The molecule has 0 atom stereocenters. The Morgan fingerprint density at radius 3 is 2.76 bits per heavy atom. The van der Waals surface area contributed by atoms with Crippen molar-refractivity contribution in [2.75, 3.05) is 6.61 Å². The van der Waals surface area contributed by atoms with Crippen LogP contribution in [0.5, 0.6) is 5.75 Å². The van der Waals surface area contributed by atoms with Crippen molar-refractivity contribution in [2.45, 2.75) is 6.92 Å². The summed E-state index contributed by atoms with van der Waals surface area (Å²) in [5.74, 6) is 0.505. The highest BCUT2D eigenvalue weighted by Gasteiger charge is 2.07. The van der Waals surface area contributed by atoms with E-state index in [9.17, 15) is 0 Å². The molecular formula is C10H12BrClN4O. The van der Waals surface area contributed by atoms with Crippen LogP contribution in [0.1, 0.15) is 12.5 Å². The maximum Gasteiger partial charge on any atom is 0.211 e. The van der Waals surface area contributed by atoms with Gasteiger partial charge in [-0.3, -0.25) is 0 Å². The molecule has 0 aliphatic rings. The van der Waals surface area contributed by atoms with E-state index < -0.39 is 0 Å². The number of hydrogen-bond acceptors (Lipinski definition) is 3. The summed E-state index contributed by atoms with van der Waals surface area (Å²) in [4.78, 5) is 0. The number of rotatable bonds is 4. The maximum absolute atomic E-state index is 6.05. The minimum Gasteiger partial charge on any atom is -0.491 e. The molecule has 0 fully saturated rings. The Bertz CT molecular complexity index is 435. The molecule has 7 heteroatoms. The summed E-state index contributed by atoms with van der Waals surface area (Å²) >= 11 is 9.42. The molecule has 1 aromatic carbocycles. The Hall–Kier alpha value is -1.27. The van der Waals surface area contributed by atoms with Gasteiger partial charge in [-0.2, -0.15) is 5.10 Å². The molecule has 0 bridgehead atoms. The molecule has 0 saturated heterocycles. The minimum absolute atomic E-state index is 0.0997. The number of hydrogen-bond donors (Lipinski definition) is 2. The van der Waals surface area contributed by atoms with E-state index in [1.807, 2.05) is 13.0 Å². The van der Waals surface area contributed by atoms with Crippen molar-refractivity contribution in [3.05, 3.63) is 27.2 Å². The third kappa shape index (κ3) is 4.24. The van der Waals surface area contributed by atoms with Crippen LogP contribution in [0.4, 0.5) is 0 Å². The van der Waals surface area contributed by atoms with Gasteiger partial charge in [0, 0.05) is 0 Å². The molecule has 0 aliphatic heterocycles. The van der Waals surface area contributed by atoms with Crippen molar-refractivity contribution in [1.29, 1.82) is 0 Å². The van der Waals surface area contributed by atoms with Crippen LogP contribution in [0, 0.1) is 0 Å². The SMILES string of the molecule is CCOc1c(Cl)cc(C=NN=C(N)N)cc1Br. The molecule has 17 heavy (non-hydrogen) atoms. The first-order chi connectivity index (χ1) is 8.04. The second-order valence-electron chi connectivity index (χ2n) is 3.02. The molecular weight excluding hydrogens is 307 g/mol. The van der Waals surface area contributed by atoms with E-state index in [2.05, 4.69) is 26.1 Å². The lowest BCUT2D eigenvalue weighted by Gasteiger charge is -2.08. The predicted octanol–water partition coefficient (Wildman–Crippen LogP) is 2.11. The van der Waals surface area contributed by atoms with Crippen molar-refractivity contribution in [1.82, 2.24) is 0 Å². The highest BCUT2D eigenvalue weighted by atomic mass is 79.9. The zero-order valence-electron chi connectivity index (χ0n) is 9.15. The number of benzene rings is 1. The summed E-state index contributed by atoms with van der Waals surface area (Å²) in [6.45, 7) is 2.43. The van der Waals surface area contributed by atoms with E-state index in [-0.39, 0.29) is 5.96 Å². The molecule has 0 heterocycles. The number of nitrogens with two attached hydrogens (primary N) is 2. The number of ether oxygens (including phenoxy) is 1. The maximum atomic E-state index is 6.05. The number of guanidine groups is 1. The van der Waals surface area contributed by atoms with Gasteiger partial charge in [-0.1, -0.05) is 11.6 Å². The van der Waals surface area contributed by atoms with Gasteiger partial charge in [-0.05, 0) is 40.5 Å². The first-order valence-corrected chi connectivity index (χ1v) is 5.95. The fourth-order valence-electron chi connectivity index (χ4n) is 1.10. The molecule has 0 aliphatic carbocycles. The molecule has 0 saturated carbocycles. The van der Waals surface area contributed by atoms with Crippen LogP contribution in [0.3, 0.4) is 0 Å². The molecule has 0 spiro atoms. The fraction of sp³-hybridized carbons (Fsp3) is 0.200. The summed E-state index contributed by atoms with van der Waals surface area (Å²) in [5, 5.41) is 7.67. The first-order valence-electron chi connectivity index (χ1n) is 4.78. The van der Waals surface area contributed by atoms with Crippen LogP contribution < -0.4 is 16.2 Å². The van der Waals surface area contributed by atoms with E-state index in [1.54, 1.807) is 6.07 Å². The Morgan fingerprint density at radius 1 is 1.53 bits per heavy atom. The normalized spacial score (nSPS) is 10.5. The van der Waals surface area contributed by atoms with Gasteiger partial charge >= 0.3 is 0 Å². The largest absolute Gasteiger partial charge is 0.491 e. The Morgan fingerprint density at radius 2 is 2.24 bits per heavy atom. The summed E-state index contributed by atoms with van der Waals surface area (Å²) in [6, 6.07) is 3.52. The van der Waals surface area contributed by atoms with Gasteiger partial charge < -0.3 is 16.2 Å². The van der Waals surface area contributed by atoms with Gasteiger partial charge in [0.2, 0.25) is 5.96 Å². The summed E-state index contributed by atoms with van der Waals surface area (Å²) in [6.07, 6.45) is 1.49. The van der Waals surface area contributed by atoms with Gasteiger partial charge in [0.15, 0.2) is 5.75 Å². The van der Waals surface area contributed by atoms with Crippen LogP contribution in [0.2, 0.25) is 5.02 Å². The van der Waals surface area contributed by atoms with Gasteiger partial charge in [0.05, 0.1) is 22.3 Å². The Balaban J connectivity index is 2.98. The average Bonchev–Trinajstić information content (AvgIpc) is 2.23. The third-order valence-electron chi connectivity index (χ3n) is 1.69. The van der Waals surface area contributed by atoms with Crippen LogP contribution in [-0.2, 0) is 0 Å². The lowest BCUT2D eigenvalue weighted by molar-refractivity contribution is 0.338. The van der Waals surface area contributed by atoms with E-state index in [1.165, 1.54) is 6.21 Å². The van der Waals surface area contributed by atoms with E-state index in [0.29, 0.717) is 17.4 Å². The van der Waals surface area contributed by atoms with Crippen LogP contribution in [0.25, 0.3) is 0 Å². The zero-order chi connectivity index (χ0) is 12.8. The van der Waals surface area contributed by atoms with E-state index in [0.717, 1.165) is 10.0 Å². The van der Waals surface area contributed by atoms with Gasteiger partial charge in [0.1, 0.15) is 0 Å². The number of nitrogens with zero attached hydrogens (tertiary/aromatic N) is 2. The lowest BCUT2D eigenvalue weighted by atomic mass is 10.2. The second kappa shape index (κ2) is 6.46. The molecule has 0 amide bonds. The van der Waals surface area contributed by atoms with Gasteiger partial charge in [-0.15, -0.1) is 5.10 Å². The summed E-state index contributed by atoms with van der Waals surface area (Å²) in [7, 11) is 0. The van der Waals surface area contributed by atoms with Crippen molar-refractivity contribution >= 4 is 39.7 Å².